The molecular weight excluding hydrogens is 276 g/mol. The first kappa shape index (κ1) is 15.5. The largest absolute Gasteiger partial charge is 0.459 e. The summed E-state index contributed by atoms with van der Waals surface area (Å²) in [5.74, 6) is -0.495. The van der Waals surface area contributed by atoms with Crippen molar-refractivity contribution in [2.24, 2.45) is 0 Å². The van der Waals surface area contributed by atoms with Crippen LogP contribution in [0.3, 0.4) is 0 Å². The third kappa shape index (κ3) is 4.30. The Hall–Kier alpha value is -1.86. The van der Waals surface area contributed by atoms with Gasteiger partial charge >= 0.3 is 0 Å². The van der Waals surface area contributed by atoms with Crippen LogP contribution in [-0.2, 0) is 9.53 Å². The molecule has 0 spiro atoms. The Morgan fingerprint density at radius 1 is 1.43 bits per heavy atom. The first-order valence-corrected chi connectivity index (χ1v) is 6.86. The van der Waals surface area contributed by atoms with Gasteiger partial charge in [0.15, 0.2) is 5.76 Å². The number of carbonyl (C=O) groups is 2. The Balaban J connectivity index is 1.77. The fraction of sp³-hybridized carbons (Fsp3) is 0.571. The summed E-state index contributed by atoms with van der Waals surface area (Å²) in [5, 5.41) is 12.9. The minimum absolute atomic E-state index is 0.0912. The summed E-state index contributed by atoms with van der Waals surface area (Å²) < 4.78 is 10.2. The molecule has 1 aliphatic rings. The van der Waals surface area contributed by atoms with Crippen LogP contribution in [0.2, 0.25) is 0 Å². The molecule has 0 atom stereocenters. The van der Waals surface area contributed by atoms with Crippen LogP contribution in [-0.4, -0.2) is 60.8 Å². The van der Waals surface area contributed by atoms with Gasteiger partial charge in [0.05, 0.1) is 18.4 Å². The maximum absolute atomic E-state index is 11.9. The number of aliphatic hydroxyl groups is 1. The second-order valence-electron chi connectivity index (χ2n) is 5.25. The van der Waals surface area contributed by atoms with E-state index in [1.54, 1.807) is 12.1 Å². The lowest BCUT2D eigenvalue weighted by molar-refractivity contribution is -0.124. The molecule has 1 aromatic rings. The van der Waals surface area contributed by atoms with Crippen molar-refractivity contribution in [3.63, 3.8) is 0 Å². The number of nitrogens with one attached hydrogen (secondary N) is 1. The van der Waals surface area contributed by atoms with Crippen LogP contribution in [0.15, 0.2) is 22.8 Å². The van der Waals surface area contributed by atoms with E-state index in [2.05, 4.69) is 5.32 Å². The SMILES string of the molecule is CN(CC(=O)NCC1(O)CCOCC1)C(=O)c1ccco1. The van der Waals surface area contributed by atoms with Crippen LogP contribution >= 0.6 is 0 Å². The van der Waals surface area contributed by atoms with Gasteiger partial charge in [0.25, 0.3) is 5.91 Å². The fourth-order valence-corrected chi connectivity index (χ4v) is 2.12. The number of hydrogen-bond acceptors (Lipinski definition) is 5. The van der Waals surface area contributed by atoms with Gasteiger partial charge in [0.2, 0.25) is 5.91 Å². The summed E-state index contributed by atoms with van der Waals surface area (Å²) in [4.78, 5) is 25.0. The highest BCUT2D eigenvalue weighted by molar-refractivity contribution is 5.94. The zero-order valence-corrected chi connectivity index (χ0v) is 12.0. The van der Waals surface area contributed by atoms with Gasteiger partial charge in [-0.2, -0.15) is 0 Å². The number of rotatable bonds is 5. The van der Waals surface area contributed by atoms with E-state index >= 15 is 0 Å². The highest BCUT2D eigenvalue weighted by atomic mass is 16.5. The maximum Gasteiger partial charge on any atom is 0.289 e. The molecule has 1 aromatic heterocycles. The van der Waals surface area contributed by atoms with Crippen molar-refractivity contribution in [3.8, 4) is 0 Å². The standard InChI is InChI=1S/C14H20N2O5/c1-16(13(18)11-3-2-6-21-11)9-12(17)15-10-14(19)4-7-20-8-5-14/h2-3,6,19H,4-5,7-10H2,1H3,(H,15,17). The topological polar surface area (TPSA) is 92.0 Å². The number of furan rings is 1. The summed E-state index contributed by atoms with van der Waals surface area (Å²) in [7, 11) is 1.52. The van der Waals surface area contributed by atoms with Gasteiger partial charge in [-0.3, -0.25) is 9.59 Å². The molecule has 0 unspecified atom stereocenters. The van der Waals surface area contributed by atoms with Crippen LogP contribution in [0, 0.1) is 0 Å². The molecule has 1 aliphatic heterocycles. The minimum atomic E-state index is -0.919. The Labute approximate surface area is 122 Å². The first-order valence-electron chi connectivity index (χ1n) is 6.86. The number of ether oxygens (including phenoxy) is 1. The van der Waals surface area contributed by atoms with E-state index in [0.29, 0.717) is 26.1 Å². The first-order chi connectivity index (χ1) is 10.0. The molecule has 0 aliphatic carbocycles. The molecule has 2 heterocycles. The number of amides is 2. The summed E-state index contributed by atoms with van der Waals surface area (Å²) in [6.07, 6.45) is 2.39. The zero-order valence-electron chi connectivity index (χ0n) is 12.0. The molecule has 2 amide bonds. The van der Waals surface area contributed by atoms with Crippen molar-refractivity contribution in [2.75, 3.05) is 33.4 Å². The molecule has 2 rings (SSSR count). The average molecular weight is 296 g/mol. The van der Waals surface area contributed by atoms with Crippen molar-refractivity contribution < 1.29 is 23.8 Å². The molecule has 1 saturated heterocycles. The van der Waals surface area contributed by atoms with Crippen LogP contribution in [0.25, 0.3) is 0 Å². The highest BCUT2D eigenvalue weighted by Gasteiger charge is 2.30. The summed E-state index contributed by atoms with van der Waals surface area (Å²) in [5.41, 5.74) is -0.919. The highest BCUT2D eigenvalue weighted by Crippen LogP contribution is 2.19. The second-order valence-corrected chi connectivity index (χ2v) is 5.25. The lowest BCUT2D eigenvalue weighted by Gasteiger charge is -2.32. The lowest BCUT2D eigenvalue weighted by Crippen LogP contribution is -2.48. The molecule has 7 nitrogen and oxygen atoms in total. The molecular formula is C14H20N2O5. The Morgan fingerprint density at radius 2 is 2.14 bits per heavy atom. The molecule has 2 N–H and O–H groups in total. The summed E-state index contributed by atoms with van der Waals surface area (Å²) in [6.45, 7) is 1.05. The van der Waals surface area contributed by atoms with E-state index in [9.17, 15) is 14.7 Å². The van der Waals surface area contributed by atoms with Crippen LogP contribution in [0.4, 0.5) is 0 Å². The van der Waals surface area contributed by atoms with Crippen molar-refractivity contribution >= 4 is 11.8 Å². The zero-order chi connectivity index (χ0) is 15.3. The van der Waals surface area contributed by atoms with E-state index in [-0.39, 0.29) is 30.7 Å². The monoisotopic (exact) mass is 296 g/mol. The molecule has 0 aromatic carbocycles. The second kappa shape index (κ2) is 6.73. The van der Waals surface area contributed by atoms with Gasteiger partial charge < -0.3 is 24.5 Å². The summed E-state index contributed by atoms with van der Waals surface area (Å²) >= 11 is 0. The van der Waals surface area contributed by atoms with Gasteiger partial charge in [-0.1, -0.05) is 0 Å². The third-order valence-electron chi connectivity index (χ3n) is 3.50. The fourth-order valence-electron chi connectivity index (χ4n) is 2.12. The van der Waals surface area contributed by atoms with Gasteiger partial charge in [0.1, 0.15) is 0 Å². The Morgan fingerprint density at radius 3 is 2.76 bits per heavy atom. The van der Waals surface area contributed by atoms with E-state index < -0.39 is 5.60 Å². The normalized spacial score (nSPS) is 17.2. The van der Waals surface area contributed by atoms with Gasteiger partial charge in [-0.15, -0.1) is 0 Å². The number of likely N-dealkylation sites (N-methyl/N-ethyl adjacent to an activating group) is 1. The van der Waals surface area contributed by atoms with Crippen LogP contribution < -0.4 is 5.32 Å². The van der Waals surface area contributed by atoms with Crippen LogP contribution in [0.1, 0.15) is 23.4 Å². The number of hydrogen-bond donors (Lipinski definition) is 2. The van der Waals surface area contributed by atoms with Crippen molar-refractivity contribution in [2.45, 2.75) is 18.4 Å². The predicted octanol–water partition coefficient (Wildman–Crippen LogP) is 0.00930. The van der Waals surface area contributed by atoms with Crippen molar-refractivity contribution in [3.05, 3.63) is 24.2 Å². The van der Waals surface area contributed by atoms with Gasteiger partial charge in [-0.25, -0.2) is 0 Å². The molecule has 0 saturated carbocycles. The minimum Gasteiger partial charge on any atom is -0.459 e. The Bertz CT molecular complexity index is 480. The lowest BCUT2D eigenvalue weighted by atomic mass is 9.94. The van der Waals surface area contributed by atoms with Crippen LogP contribution in [0.5, 0.6) is 0 Å². The molecule has 7 heteroatoms. The maximum atomic E-state index is 11.9. The average Bonchev–Trinajstić information content (AvgIpc) is 2.99. The third-order valence-corrected chi connectivity index (χ3v) is 3.50. The molecule has 116 valence electrons. The predicted molar refractivity (Wildman–Crippen MR) is 73.7 cm³/mol. The molecule has 21 heavy (non-hydrogen) atoms. The van der Waals surface area contributed by atoms with Crippen molar-refractivity contribution in [1.82, 2.24) is 10.2 Å². The smallest absolute Gasteiger partial charge is 0.289 e. The quantitative estimate of drug-likeness (QED) is 0.798. The van der Waals surface area contributed by atoms with E-state index in [1.807, 2.05) is 0 Å². The molecule has 1 fully saturated rings. The van der Waals surface area contributed by atoms with E-state index in [1.165, 1.54) is 18.2 Å². The number of carbonyl (C=O) groups excluding carboxylic acids is 2. The van der Waals surface area contributed by atoms with Gasteiger partial charge in [-0.05, 0) is 12.1 Å². The number of nitrogens with zero attached hydrogens (tertiary/aromatic N) is 1. The molecule has 0 radical (unpaired) electrons. The van der Waals surface area contributed by atoms with E-state index in [0.717, 1.165) is 0 Å². The Kier molecular flexibility index (Phi) is 4.98. The summed E-state index contributed by atoms with van der Waals surface area (Å²) in [6, 6.07) is 3.16. The van der Waals surface area contributed by atoms with Gasteiger partial charge in [0, 0.05) is 39.6 Å². The van der Waals surface area contributed by atoms with E-state index in [4.69, 9.17) is 9.15 Å². The molecule has 0 bridgehead atoms. The van der Waals surface area contributed by atoms with Crippen molar-refractivity contribution in [1.29, 1.82) is 0 Å².